The summed E-state index contributed by atoms with van der Waals surface area (Å²) in [6, 6.07) is 8.08. The third kappa shape index (κ3) is 2.87. The summed E-state index contributed by atoms with van der Waals surface area (Å²) in [5.74, 6) is 1.40. The van der Waals surface area contributed by atoms with Crippen LogP contribution in [0.4, 0.5) is 10.3 Å². The van der Waals surface area contributed by atoms with Crippen molar-refractivity contribution in [2.45, 2.75) is 6.54 Å². The highest BCUT2D eigenvalue weighted by Gasteiger charge is 2.08. The van der Waals surface area contributed by atoms with Gasteiger partial charge in [-0.15, -0.1) is 0 Å². The van der Waals surface area contributed by atoms with Gasteiger partial charge in [-0.1, -0.05) is 16.7 Å². The fourth-order valence-corrected chi connectivity index (χ4v) is 2.00. The predicted octanol–water partition coefficient (Wildman–Crippen LogP) is 2.87. The molecule has 0 aliphatic heterocycles. The zero-order valence-electron chi connectivity index (χ0n) is 11.0. The number of aromatic nitrogens is 4. The van der Waals surface area contributed by atoms with Gasteiger partial charge in [-0.3, -0.25) is 0 Å². The zero-order valence-corrected chi connectivity index (χ0v) is 11.8. The average molecular weight is 308 g/mol. The first kappa shape index (κ1) is 13.6. The third-order valence-corrected chi connectivity index (χ3v) is 3.20. The van der Waals surface area contributed by atoms with Gasteiger partial charge in [-0.05, 0) is 40.8 Å². The molecule has 8 heteroatoms. The van der Waals surface area contributed by atoms with Crippen molar-refractivity contribution >= 4 is 17.5 Å². The summed E-state index contributed by atoms with van der Waals surface area (Å²) >= 11 is 5.76. The fourth-order valence-electron chi connectivity index (χ4n) is 1.82. The van der Waals surface area contributed by atoms with Crippen molar-refractivity contribution in [1.82, 2.24) is 20.2 Å². The number of aryl methyl sites for hydroxylation is 1. The van der Waals surface area contributed by atoms with Crippen LogP contribution >= 0.6 is 11.6 Å². The average Bonchev–Trinajstić information content (AvgIpc) is 3.09. The largest absolute Gasteiger partial charge is 0.459 e. The van der Waals surface area contributed by atoms with Crippen LogP contribution in [-0.2, 0) is 13.6 Å². The highest BCUT2D eigenvalue weighted by Crippen LogP contribution is 2.26. The number of halogens is 2. The summed E-state index contributed by atoms with van der Waals surface area (Å²) in [6.07, 6.45) is 0. The molecule has 0 bridgehead atoms. The molecule has 0 radical (unpaired) electrons. The first-order valence-corrected chi connectivity index (χ1v) is 6.51. The topological polar surface area (TPSA) is 68.8 Å². The van der Waals surface area contributed by atoms with Crippen LogP contribution < -0.4 is 5.32 Å². The first-order chi connectivity index (χ1) is 10.1. The van der Waals surface area contributed by atoms with Gasteiger partial charge in [-0.2, -0.15) is 0 Å². The standard InChI is InChI=1S/C13H11ClFN5O/c1-20-13(17-18-19-20)16-7-9-3-5-12(21-9)8-2-4-11(15)10(14)6-8/h2-6H,7H2,1H3,(H,16,17,19). The van der Waals surface area contributed by atoms with E-state index in [9.17, 15) is 4.39 Å². The van der Waals surface area contributed by atoms with E-state index in [0.29, 0.717) is 29.6 Å². The summed E-state index contributed by atoms with van der Waals surface area (Å²) in [6.45, 7) is 0.434. The Morgan fingerprint density at radius 1 is 1.33 bits per heavy atom. The minimum atomic E-state index is -0.455. The molecule has 0 unspecified atom stereocenters. The number of nitrogens with zero attached hydrogens (tertiary/aromatic N) is 4. The number of benzene rings is 1. The van der Waals surface area contributed by atoms with E-state index in [1.54, 1.807) is 19.2 Å². The van der Waals surface area contributed by atoms with Crippen LogP contribution in [0.1, 0.15) is 5.76 Å². The molecule has 0 amide bonds. The summed E-state index contributed by atoms with van der Waals surface area (Å²) in [5.41, 5.74) is 0.716. The first-order valence-electron chi connectivity index (χ1n) is 6.14. The van der Waals surface area contributed by atoms with E-state index in [4.69, 9.17) is 16.0 Å². The summed E-state index contributed by atoms with van der Waals surface area (Å²) in [7, 11) is 1.73. The Morgan fingerprint density at radius 3 is 2.90 bits per heavy atom. The van der Waals surface area contributed by atoms with Crippen LogP contribution in [0, 0.1) is 5.82 Å². The number of tetrazole rings is 1. The Hall–Kier alpha value is -2.41. The van der Waals surface area contributed by atoms with Crippen molar-refractivity contribution in [2.24, 2.45) is 7.05 Å². The maximum absolute atomic E-state index is 13.1. The van der Waals surface area contributed by atoms with E-state index in [0.717, 1.165) is 0 Å². The lowest BCUT2D eigenvalue weighted by atomic mass is 10.2. The van der Waals surface area contributed by atoms with Crippen molar-refractivity contribution in [1.29, 1.82) is 0 Å². The van der Waals surface area contributed by atoms with Gasteiger partial charge in [0.2, 0.25) is 5.95 Å². The molecule has 0 atom stereocenters. The Kier molecular flexibility index (Phi) is 3.57. The molecular formula is C13H11ClFN5O. The Labute approximate surface area is 124 Å². The maximum atomic E-state index is 13.1. The number of nitrogens with one attached hydrogen (secondary N) is 1. The van der Waals surface area contributed by atoms with E-state index in [-0.39, 0.29) is 5.02 Å². The van der Waals surface area contributed by atoms with E-state index >= 15 is 0 Å². The Bertz CT molecular complexity index is 770. The zero-order chi connectivity index (χ0) is 14.8. The summed E-state index contributed by atoms with van der Waals surface area (Å²) in [5, 5.41) is 14.1. The minimum Gasteiger partial charge on any atom is -0.459 e. The van der Waals surface area contributed by atoms with Gasteiger partial charge in [0, 0.05) is 12.6 Å². The highest BCUT2D eigenvalue weighted by molar-refractivity contribution is 6.31. The molecule has 1 N–H and O–H groups in total. The molecule has 2 aromatic heterocycles. The molecular weight excluding hydrogens is 297 g/mol. The molecule has 21 heavy (non-hydrogen) atoms. The summed E-state index contributed by atoms with van der Waals surface area (Å²) < 4.78 is 20.3. The second-order valence-electron chi connectivity index (χ2n) is 4.37. The Morgan fingerprint density at radius 2 is 2.19 bits per heavy atom. The Balaban J connectivity index is 1.74. The quantitative estimate of drug-likeness (QED) is 0.802. The van der Waals surface area contributed by atoms with Gasteiger partial charge < -0.3 is 9.73 Å². The lowest BCUT2D eigenvalue weighted by Gasteiger charge is -2.02. The van der Waals surface area contributed by atoms with Crippen LogP contribution in [0.25, 0.3) is 11.3 Å². The van der Waals surface area contributed by atoms with Crippen molar-refractivity contribution < 1.29 is 8.81 Å². The molecule has 0 fully saturated rings. The van der Waals surface area contributed by atoms with Gasteiger partial charge in [0.1, 0.15) is 17.3 Å². The van der Waals surface area contributed by atoms with E-state index in [2.05, 4.69) is 20.8 Å². The molecule has 3 aromatic rings. The van der Waals surface area contributed by atoms with Crippen LogP contribution in [0.3, 0.4) is 0 Å². The van der Waals surface area contributed by atoms with E-state index in [1.165, 1.54) is 16.8 Å². The normalized spacial score (nSPS) is 10.8. The molecule has 0 saturated heterocycles. The molecule has 108 valence electrons. The number of hydrogen-bond donors (Lipinski definition) is 1. The van der Waals surface area contributed by atoms with Gasteiger partial charge in [0.25, 0.3) is 0 Å². The molecule has 0 spiro atoms. The van der Waals surface area contributed by atoms with Crippen molar-refractivity contribution in [2.75, 3.05) is 5.32 Å². The molecule has 0 saturated carbocycles. The van der Waals surface area contributed by atoms with Crippen molar-refractivity contribution in [3.05, 3.63) is 46.9 Å². The molecule has 0 aliphatic carbocycles. The van der Waals surface area contributed by atoms with Gasteiger partial charge in [0.05, 0.1) is 11.6 Å². The van der Waals surface area contributed by atoms with Crippen molar-refractivity contribution in [3.8, 4) is 11.3 Å². The smallest absolute Gasteiger partial charge is 0.243 e. The van der Waals surface area contributed by atoms with E-state index < -0.39 is 5.82 Å². The fraction of sp³-hybridized carbons (Fsp3) is 0.154. The SMILES string of the molecule is Cn1nnnc1NCc1ccc(-c2ccc(F)c(Cl)c2)o1. The van der Waals surface area contributed by atoms with E-state index in [1.807, 2.05) is 6.07 Å². The maximum Gasteiger partial charge on any atom is 0.243 e. The second kappa shape index (κ2) is 5.53. The van der Waals surface area contributed by atoms with Gasteiger partial charge in [-0.25, -0.2) is 9.07 Å². The lowest BCUT2D eigenvalue weighted by molar-refractivity contribution is 0.530. The molecule has 3 rings (SSSR count). The minimum absolute atomic E-state index is 0.0636. The third-order valence-electron chi connectivity index (χ3n) is 2.91. The number of hydrogen-bond acceptors (Lipinski definition) is 5. The molecule has 2 heterocycles. The van der Waals surface area contributed by atoms with Crippen molar-refractivity contribution in [3.63, 3.8) is 0 Å². The molecule has 0 aliphatic rings. The number of furan rings is 1. The number of anilines is 1. The number of rotatable bonds is 4. The van der Waals surface area contributed by atoms with Crippen LogP contribution in [0.15, 0.2) is 34.7 Å². The van der Waals surface area contributed by atoms with Crippen LogP contribution in [0.2, 0.25) is 5.02 Å². The monoisotopic (exact) mass is 307 g/mol. The van der Waals surface area contributed by atoms with Gasteiger partial charge in [0.15, 0.2) is 0 Å². The second-order valence-corrected chi connectivity index (χ2v) is 4.78. The molecule has 6 nitrogen and oxygen atoms in total. The summed E-state index contributed by atoms with van der Waals surface area (Å²) in [4.78, 5) is 0. The molecule has 1 aromatic carbocycles. The van der Waals surface area contributed by atoms with Crippen LogP contribution in [0.5, 0.6) is 0 Å². The van der Waals surface area contributed by atoms with Crippen LogP contribution in [-0.4, -0.2) is 20.2 Å². The lowest BCUT2D eigenvalue weighted by Crippen LogP contribution is -2.04. The highest BCUT2D eigenvalue weighted by atomic mass is 35.5. The predicted molar refractivity (Wildman–Crippen MR) is 75.2 cm³/mol. The van der Waals surface area contributed by atoms with Gasteiger partial charge >= 0.3 is 0 Å².